The predicted molar refractivity (Wildman–Crippen MR) is 73.5 cm³/mol. The van der Waals surface area contributed by atoms with Crippen molar-refractivity contribution in [1.29, 1.82) is 0 Å². The van der Waals surface area contributed by atoms with E-state index in [1.807, 2.05) is 0 Å². The molecule has 1 fully saturated rings. The molecule has 4 N–H and O–H groups in total. The van der Waals surface area contributed by atoms with E-state index in [1.54, 1.807) is 0 Å². The molecule has 0 aromatic heterocycles. The summed E-state index contributed by atoms with van der Waals surface area (Å²) in [6.45, 7) is 0.889. The number of carboxylic acids is 1. The first-order chi connectivity index (χ1) is 10.00. The van der Waals surface area contributed by atoms with E-state index in [0.717, 1.165) is 6.07 Å². The maximum absolute atomic E-state index is 13.8. The highest BCUT2D eigenvalue weighted by molar-refractivity contribution is 6.02. The van der Waals surface area contributed by atoms with Crippen LogP contribution in [0.4, 0.5) is 10.1 Å². The summed E-state index contributed by atoms with van der Waals surface area (Å²) in [5.74, 6) is -2.57. The Balaban J connectivity index is 2.29. The molecule has 1 aromatic carbocycles. The molecule has 1 saturated heterocycles. The lowest BCUT2D eigenvalue weighted by Gasteiger charge is -2.34. The second-order valence-electron chi connectivity index (χ2n) is 5.02. The topological polar surface area (TPSA) is 102 Å². The first-order valence-corrected chi connectivity index (χ1v) is 6.61. The Hall–Kier alpha value is -1.99. The molecule has 7 heteroatoms. The van der Waals surface area contributed by atoms with Gasteiger partial charge in [0, 0.05) is 19.8 Å². The minimum Gasteiger partial charge on any atom is -0.478 e. The highest BCUT2D eigenvalue weighted by Crippen LogP contribution is 2.32. The molecule has 114 valence electrons. The standard InChI is InChI=1S/C14H17FN2O4/c15-10-3-1-2-9(12(18)19)11(10)17-13(20)14(8-16)4-6-21-7-5-14/h1-3H,4-8,16H2,(H,17,20)(H,18,19). The zero-order chi connectivity index (χ0) is 15.5. The maximum Gasteiger partial charge on any atom is 0.337 e. The molecule has 0 atom stereocenters. The second-order valence-corrected chi connectivity index (χ2v) is 5.02. The maximum atomic E-state index is 13.8. The Labute approximate surface area is 121 Å². The number of carbonyl (C=O) groups excluding carboxylic acids is 1. The molecule has 0 bridgehead atoms. The Morgan fingerprint density at radius 3 is 2.62 bits per heavy atom. The van der Waals surface area contributed by atoms with E-state index in [0.29, 0.717) is 26.1 Å². The molecule has 0 unspecified atom stereocenters. The Morgan fingerprint density at radius 1 is 1.38 bits per heavy atom. The van der Waals surface area contributed by atoms with E-state index >= 15 is 0 Å². The predicted octanol–water partition coefficient (Wildman–Crippen LogP) is 1.22. The zero-order valence-electron chi connectivity index (χ0n) is 11.4. The monoisotopic (exact) mass is 296 g/mol. The van der Waals surface area contributed by atoms with Crippen molar-refractivity contribution in [2.75, 3.05) is 25.1 Å². The lowest BCUT2D eigenvalue weighted by molar-refractivity contribution is -0.130. The number of amides is 1. The molecular weight excluding hydrogens is 279 g/mol. The van der Waals surface area contributed by atoms with Crippen LogP contribution < -0.4 is 11.1 Å². The van der Waals surface area contributed by atoms with Crippen LogP contribution in [0.3, 0.4) is 0 Å². The van der Waals surface area contributed by atoms with Crippen LogP contribution in [-0.2, 0) is 9.53 Å². The number of rotatable bonds is 4. The fourth-order valence-corrected chi connectivity index (χ4v) is 2.36. The van der Waals surface area contributed by atoms with Gasteiger partial charge in [-0.25, -0.2) is 9.18 Å². The van der Waals surface area contributed by atoms with E-state index in [-0.39, 0.29) is 17.8 Å². The third kappa shape index (κ3) is 3.03. The number of halogens is 1. The summed E-state index contributed by atoms with van der Waals surface area (Å²) < 4.78 is 19.0. The van der Waals surface area contributed by atoms with Crippen molar-refractivity contribution in [1.82, 2.24) is 0 Å². The second kappa shape index (κ2) is 6.19. The van der Waals surface area contributed by atoms with Gasteiger partial charge in [0.2, 0.25) is 5.91 Å². The largest absolute Gasteiger partial charge is 0.478 e. The molecule has 0 aliphatic carbocycles. The van der Waals surface area contributed by atoms with Crippen LogP contribution in [0.25, 0.3) is 0 Å². The molecular formula is C14H17FN2O4. The van der Waals surface area contributed by atoms with Crippen LogP contribution in [0.15, 0.2) is 18.2 Å². The smallest absolute Gasteiger partial charge is 0.337 e. The fourth-order valence-electron chi connectivity index (χ4n) is 2.36. The highest BCUT2D eigenvalue weighted by Gasteiger charge is 2.39. The van der Waals surface area contributed by atoms with Gasteiger partial charge in [-0.1, -0.05) is 6.07 Å². The minimum atomic E-state index is -1.31. The number of ether oxygens (including phenoxy) is 1. The Bertz CT molecular complexity index is 556. The average Bonchev–Trinajstić information content (AvgIpc) is 2.49. The number of nitrogens with two attached hydrogens (primary N) is 1. The van der Waals surface area contributed by atoms with Crippen molar-refractivity contribution < 1.29 is 23.8 Å². The first kappa shape index (κ1) is 15.4. The molecule has 0 radical (unpaired) electrons. The number of aromatic carboxylic acids is 1. The van der Waals surface area contributed by atoms with Gasteiger partial charge in [0.1, 0.15) is 5.82 Å². The van der Waals surface area contributed by atoms with Gasteiger partial charge in [0.05, 0.1) is 16.7 Å². The van der Waals surface area contributed by atoms with Gasteiger partial charge < -0.3 is 20.9 Å². The Kier molecular flexibility index (Phi) is 4.54. The number of carbonyl (C=O) groups is 2. The van der Waals surface area contributed by atoms with E-state index in [4.69, 9.17) is 15.6 Å². The zero-order valence-corrected chi connectivity index (χ0v) is 11.4. The average molecular weight is 296 g/mol. The molecule has 6 nitrogen and oxygen atoms in total. The highest BCUT2D eigenvalue weighted by atomic mass is 19.1. The van der Waals surface area contributed by atoms with Gasteiger partial charge in [-0.15, -0.1) is 0 Å². The summed E-state index contributed by atoms with van der Waals surface area (Å²) in [4.78, 5) is 23.6. The van der Waals surface area contributed by atoms with Gasteiger partial charge in [-0.05, 0) is 25.0 Å². The molecule has 1 aliphatic rings. The van der Waals surface area contributed by atoms with Crippen LogP contribution in [0.5, 0.6) is 0 Å². The molecule has 2 rings (SSSR count). The van der Waals surface area contributed by atoms with E-state index < -0.39 is 23.1 Å². The normalized spacial score (nSPS) is 17.2. The van der Waals surface area contributed by atoms with Crippen molar-refractivity contribution in [3.05, 3.63) is 29.6 Å². The summed E-state index contributed by atoms with van der Waals surface area (Å²) in [5.41, 5.74) is 4.24. The van der Waals surface area contributed by atoms with Gasteiger partial charge in [0.25, 0.3) is 0 Å². The first-order valence-electron chi connectivity index (χ1n) is 6.61. The van der Waals surface area contributed by atoms with E-state index in [9.17, 15) is 14.0 Å². The molecule has 0 saturated carbocycles. The van der Waals surface area contributed by atoms with Crippen molar-refractivity contribution in [2.24, 2.45) is 11.1 Å². The lowest BCUT2D eigenvalue weighted by atomic mass is 9.79. The molecule has 1 amide bonds. The number of hydrogen-bond donors (Lipinski definition) is 3. The molecule has 0 spiro atoms. The SMILES string of the molecule is NCC1(C(=O)Nc2c(F)cccc2C(=O)O)CCOCC1. The molecule has 21 heavy (non-hydrogen) atoms. The quantitative estimate of drug-likeness (QED) is 0.775. The fraction of sp³-hybridized carbons (Fsp3) is 0.429. The third-order valence-corrected chi connectivity index (χ3v) is 3.80. The summed E-state index contributed by atoms with van der Waals surface area (Å²) in [7, 11) is 0. The number of benzene rings is 1. The summed E-state index contributed by atoms with van der Waals surface area (Å²) in [6.07, 6.45) is 0.846. The lowest BCUT2D eigenvalue weighted by Crippen LogP contribution is -2.46. The third-order valence-electron chi connectivity index (χ3n) is 3.80. The van der Waals surface area contributed by atoms with Gasteiger partial charge >= 0.3 is 5.97 Å². The van der Waals surface area contributed by atoms with Crippen molar-refractivity contribution in [2.45, 2.75) is 12.8 Å². The van der Waals surface area contributed by atoms with Gasteiger partial charge in [-0.2, -0.15) is 0 Å². The number of nitrogens with one attached hydrogen (secondary N) is 1. The van der Waals surface area contributed by atoms with Gasteiger partial charge in [0.15, 0.2) is 0 Å². The molecule has 1 aliphatic heterocycles. The van der Waals surface area contributed by atoms with Crippen molar-refractivity contribution in [3.63, 3.8) is 0 Å². The molecule has 1 aromatic rings. The van der Waals surface area contributed by atoms with Crippen LogP contribution >= 0.6 is 0 Å². The molecule has 1 heterocycles. The van der Waals surface area contributed by atoms with Crippen LogP contribution in [0, 0.1) is 11.2 Å². The van der Waals surface area contributed by atoms with E-state index in [1.165, 1.54) is 12.1 Å². The summed E-state index contributed by atoms with van der Waals surface area (Å²) >= 11 is 0. The van der Waals surface area contributed by atoms with E-state index in [2.05, 4.69) is 5.32 Å². The van der Waals surface area contributed by atoms with Crippen LogP contribution in [-0.4, -0.2) is 36.7 Å². The van der Waals surface area contributed by atoms with Crippen LogP contribution in [0.2, 0.25) is 0 Å². The van der Waals surface area contributed by atoms with Gasteiger partial charge in [-0.3, -0.25) is 4.79 Å². The van der Waals surface area contributed by atoms with Crippen molar-refractivity contribution >= 4 is 17.6 Å². The summed E-state index contributed by atoms with van der Waals surface area (Å²) in [5, 5.41) is 11.5. The van der Waals surface area contributed by atoms with Crippen molar-refractivity contribution in [3.8, 4) is 0 Å². The number of para-hydroxylation sites is 1. The minimum absolute atomic E-state index is 0.0963. The number of carboxylic acid groups (broad SMARTS) is 1. The van der Waals surface area contributed by atoms with Crippen LogP contribution in [0.1, 0.15) is 23.2 Å². The Morgan fingerprint density at radius 2 is 2.05 bits per heavy atom. The summed E-state index contributed by atoms with van der Waals surface area (Å²) in [6, 6.07) is 3.61. The number of anilines is 1. The number of hydrogen-bond acceptors (Lipinski definition) is 4.